The fourth-order valence-corrected chi connectivity index (χ4v) is 3.51. The average molecular weight is 241 g/mol. The van der Waals surface area contributed by atoms with Crippen molar-refractivity contribution in [1.82, 2.24) is 10.3 Å². The highest BCUT2D eigenvalue weighted by atomic mass is 15.3. The van der Waals surface area contributed by atoms with Crippen LogP contribution in [0.1, 0.15) is 52.9 Å². The summed E-state index contributed by atoms with van der Waals surface area (Å²) in [6, 6.07) is 0.403. The molecule has 0 radical (unpaired) electrons. The van der Waals surface area contributed by atoms with Gasteiger partial charge >= 0.3 is 0 Å². The SMILES string of the molecule is CC(C)CC(NN)C1(N(C)C)CCCC(C)C1. The number of rotatable bonds is 5. The summed E-state index contributed by atoms with van der Waals surface area (Å²) in [6.45, 7) is 6.93. The van der Waals surface area contributed by atoms with E-state index in [-0.39, 0.29) is 5.54 Å². The molecule has 0 bridgehead atoms. The molecule has 0 aromatic heterocycles. The lowest BCUT2D eigenvalue weighted by atomic mass is 9.70. The molecule has 3 nitrogen and oxygen atoms in total. The minimum absolute atomic E-state index is 0.247. The monoisotopic (exact) mass is 241 g/mol. The zero-order chi connectivity index (χ0) is 13.1. The van der Waals surface area contributed by atoms with Crippen LogP contribution in [-0.4, -0.2) is 30.6 Å². The molecule has 3 N–H and O–H groups in total. The molecular weight excluding hydrogens is 210 g/mol. The molecule has 0 aromatic carbocycles. The summed E-state index contributed by atoms with van der Waals surface area (Å²) in [7, 11) is 4.42. The first kappa shape index (κ1) is 14.9. The van der Waals surface area contributed by atoms with Crippen molar-refractivity contribution in [2.24, 2.45) is 17.7 Å². The Bertz CT molecular complexity index is 228. The fraction of sp³-hybridized carbons (Fsp3) is 1.00. The quantitative estimate of drug-likeness (QED) is 0.573. The van der Waals surface area contributed by atoms with Gasteiger partial charge in [-0.1, -0.05) is 33.6 Å². The van der Waals surface area contributed by atoms with E-state index in [2.05, 4.69) is 45.2 Å². The van der Waals surface area contributed by atoms with Crippen molar-refractivity contribution in [2.45, 2.75) is 64.5 Å². The second-order valence-corrected chi connectivity index (χ2v) is 6.55. The highest BCUT2D eigenvalue weighted by Crippen LogP contribution is 2.39. The van der Waals surface area contributed by atoms with E-state index < -0.39 is 0 Å². The highest BCUT2D eigenvalue weighted by Gasteiger charge is 2.43. The van der Waals surface area contributed by atoms with Crippen LogP contribution in [0.5, 0.6) is 0 Å². The van der Waals surface area contributed by atoms with E-state index in [4.69, 9.17) is 5.84 Å². The molecule has 1 fully saturated rings. The number of hydrazine groups is 1. The molecule has 1 aliphatic rings. The van der Waals surface area contributed by atoms with E-state index in [1.807, 2.05) is 0 Å². The second-order valence-electron chi connectivity index (χ2n) is 6.55. The number of hydrogen-bond donors (Lipinski definition) is 2. The van der Waals surface area contributed by atoms with Gasteiger partial charge in [-0.25, -0.2) is 0 Å². The van der Waals surface area contributed by atoms with Crippen LogP contribution in [0, 0.1) is 11.8 Å². The van der Waals surface area contributed by atoms with Crippen molar-refractivity contribution >= 4 is 0 Å². The third-order valence-electron chi connectivity index (χ3n) is 4.46. The summed E-state index contributed by atoms with van der Waals surface area (Å²) in [6.07, 6.45) is 6.39. The van der Waals surface area contributed by atoms with Crippen molar-refractivity contribution in [3.05, 3.63) is 0 Å². The first-order valence-corrected chi connectivity index (χ1v) is 7.06. The van der Waals surface area contributed by atoms with Crippen LogP contribution < -0.4 is 11.3 Å². The van der Waals surface area contributed by atoms with Crippen molar-refractivity contribution in [3.63, 3.8) is 0 Å². The Morgan fingerprint density at radius 3 is 2.47 bits per heavy atom. The molecule has 1 aliphatic carbocycles. The molecule has 0 spiro atoms. The zero-order valence-electron chi connectivity index (χ0n) is 12.3. The first-order valence-electron chi connectivity index (χ1n) is 7.06. The smallest absolute Gasteiger partial charge is 0.0397 e. The molecule has 1 rings (SSSR count). The third-order valence-corrected chi connectivity index (χ3v) is 4.46. The first-order chi connectivity index (χ1) is 7.92. The molecule has 0 heterocycles. The normalized spacial score (nSPS) is 32.1. The van der Waals surface area contributed by atoms with Crippen molar-refractivity contribution in [1.29, 1.82) is 0 Å². The van der Waals surface area contributed by atoms with Crippen LogP contribution in [0.15, 0.2) is 0 Å². The topological polar surface area (TPSA) is 41.3 Å². The molecule has 3 atom stereocenters. The van der Waals surface area contributed by atoms with Crippen LogP contribution in [0.2, 0.25) is 0 Å². The predicted octanol–water partition coefficient (Wildman–Crippen LogP) is 2.37. The van der Waals surface area contributed by atoms with Crippen molar-refractivity contribution in [3.8, 4) is 0 Å². The van der Waals surface area contributed by atoms with Crippen LogP contribution in [0.25, 0.3) is 0 Å². The van der Waals surface area contributed by atoms with E-state index in [0.717, 1.165) is 12.3 Å². The Balaban J connectivity index is 2.87. The highest BCUT2D eigenvalue weighted by molar-refractivity contribution is 5.01. The third kappa shape index (κ3) is 3.43. The maximum Gasteiger partial charge on any atom is 0.0397 e. The zero-order valence-corrected chi connectivity index (χ0v) is 12.3. The van der Waals surface area contributed by atoms with E-state index in [0.29, 0.717) is 12.0 Å². The summed E-state index contributed by atoms with van der Waals surface area (Å²) in [5, 5.41) is 0. The molecule has 17 heavy (non-hydrogen) atoms. The van der Waals surface area contributed by atoms with Gasteiger partial charge in [0.25, 0.3) is 0 Å². The Hall–Kier alpha value is -0.120. The van der Waals surface area contributed by atoms with Crippen LogP contribution in [0.3, 0.4) is 0 Å². The molecule has 0 aliphatic heterocycles. The lowest BCUT2D eigenvalue weighted by Gasteiger charge is -2.50. The second kappa shape index (κ2) is 6.17. The minimum atomic E-state index is 0.247. The van der Waals surface area contributed by atoms with Gasteiger partial charge in [0.15, 0.2) is 0 Å². The van der Waals surface area contributed by atoms with Crippen LogP contribution >= 0.6 is 0 Å². The number of hydrogen-bond acceptors (Lipinski definition) is 3. The van der Waals surface area contributed by atoms with E-state index >= 15 is 0 Å². The average Bonchev–Trinajstić information content (AvgIpc) is 2.25. The standard InChI is InChI=1S/C14H31N3/c1-11(2)9-13(16-15)14(17(4)5)8-6-7-12(3)10-14/h11-13,16H,6-10,15H2,1-5H3. The van der Waals surface area contributed by atoms with Gasteiger partial charge in [0.1, 0.15) is 0 Å². The largest absolute Gasteiger partial charge is 0.302 e. The van der Waals surface area contributed by atoms with Crippen LogP contribution in [-0.2, 0) is 0 Å². The number of nitrogens with one attached hydrogen (secondary N) is 1. The molecule has 1 saturated carbocycles. The molecule has 3 unspecified atom stereocenters. The van der Waals surface area contributed by atoms with Gasteiger partial charge in [-0.3, -0.25) is 11.3 Å². The van der Waals surface area contributed by atoms with Crippen molar-refractivity contribution in [2.75, 3.05) is 14.1 Å². The minimum Gasteiger partial charge on any atom is -0.302 e. The summed E-state index contributed by atoms with van der Waals surface area (Å²) in [5.41, 5.74) is 3.35. The van der Waals surface area contributed by atoms with E-state index in [1.165, 1.54) is 25.7 Å². The summed E-state index contributed by atoms with van der Waals surface area (Å²) in [5.74, 6) is 7.34. The molecule has 0 amide bonds. The Morgan fingerprint density at radius 1 is 1.41 bits per heavy atom. The van der Waals surface area contributed by atoms with E-state index in [1.54, 1.807) is 0 Å². The number of nitrogens with zero attached hydrogens (tertiary/aromatic N) is 1. The number of likely N-dealkylation sites (N-methyl/N-ethyl adjacent to an activating group) is 1. The van der Waals surface area contributed by atoms with Gasteiger partial charge in [0.05, 0.1) is 0 Å². The summed E-state index contributed by atoms with van der Waals surface area (Å²) >= 11 is 0. The Kier molecular flexibility index (Phi) is 5.42. The fourth-order valence-electron chi connectivity index (χ4n) is 3.51. The predicted molar refractivity (Wildman–Crippen MR) is 74.6 cm³/mol. The lowest BCUT2D eigenvalue weighted by Crippen LogP contribution is -2.62. The van der Waals surface area contributed by atoms with Gasteiger partial charge in [-0.2, -0.15) is 0 Å². The van der Waals surface area contributed by atoms with Gasteiger partial charge in [-0.05, 0) is 45.2 Å². The molecule has 102 valence electrons. The maximum absolute atomic E-state index is 5.84. The Labute approximate surface area is 107 Å². The van der Waals surface area contributed by atoms with Gasteiger partial charge in [0, 0.05) is 11.6 Å². The van der Waals surface area contributed by atoms with Crippen LogP contribution in [0.4, 0.5) is 0 Å². The van der Waals surface area contributed by atoms with Gasteiger partial charge in [0.2, 0.25) is 0 Å². The molecule has 3 heteroatoms. The lowest BCUT2D eigenvalue weighted by molar-refractivity contribution is 0.0301. The summed E-state index contributed by atoms with van der Waals surface area (Å²) in [4.78, 5) is 2.41. The van der Waals surface area contributed by atoms with Gasteiger partial charge in [-0.15, -0.1) is 0 Å². The molecule has 0 aromatic rings. The molecule has 0 saturated heterocycles. The van der Waals surface area contributed by atoms with E-state index in [9.17, 15) is 0 Å². The van der Waals surface area contributed by atoms with Crippen molar-refractivity contribution < 1.29 is 0 Å². The summed E-state index contributed by atoms with van der Waals surface area (Å²) < 4.78 is 0. The van der Waals surface area contributed by atoms with Gasteiger partial charge < -0.3 is 4.90 Å². The molecular formula is C14H31N3. The maximum atomic E-state index is 5.84. The Morgan fingerprint density at radius 2 is 2.06 bits per heavy atom. The number of nitrogens with two attached hydrogens (primary N) is 1.